The summed E-state index contributed by atoms with van der Waals surface area (Å²) >= 11 is 0. The maximum atomic E-state index is 5.69. The molecule has 0 heteroatoms. The zero-order chi connectivity index (χ0) is 16.7. The molecule has 1 fully saturated rings. The van der Waals surface area contributed by atoms with Gasteiger partial charge in [0.15, 0.2) is 0 Å². The van der Waals surface area contributed by atoms with E-state index in [-0.39, 0.29) is 0 Å². The zero-order valence-electron chi connectivity index (χ0n) is 15.2. The lowest BCUT2D eigenvalue weighted by Gasteiger charge is -2.26. The van der Waals surface area contributed by atoms with Gasteiger partial charge >= 0.3 is 0 Å². The van der Waals surface area contributed by atoms with Gasteiger partial charge in [-0.2, -0.15) is 0 Å². The molecular weight excluding hydrogens is 276 g/mol. The summed E-state index contributed by atoms with van der Waals surface area (Å²) in [6.07, 6.45) is 15.9. The second-order valence-corrected chi connectivity index (χ2v) is 7.17. The standard InChI is InChI=1S/C23H32/c1-5-21(6-2)23(7-3)22-10-8-9-20(17-22)16-15-19-13-11-18(4)12-14-19/h1,8-10,17-19H,6-7,11-16H2,2-4H3/b23-21+. The van der Waals surface area contributed by atoms with Crippen molar-refractivity contribution in [2.45, 2.75) is 72.1 Å². The largest absolute Gasteiger partial charge is 0.115 e. The van der Waals surface area contributed by atoms with Crippen LogP contribution >= 0.6 is 0 Å². The molecule has 2 rings (SSSR count). The highest BCUT2D eigenvalue weighted by atomic mass is 14.2. The van der Waals surface area contributed by atoms with Gasteiger partial charge in [0, 0.05) is 5.57 Å². The van der Waals surface area contributed by atoms with Crippen molar-refractivity contribution in [3.8, 4) is 12.3 Å². The molecule has 0 unspecified atom stereocenters. The van der Waals surface area contributed by atoms with Crippen LogP contribution in [0.1, 0.15) is 76.8 Å². The van der Waals surface area contributed by atoms with Gasteiger partial charge in [0.1, 0.15) is 0 Å². The minimum Gasteiger partial charge on any atom is -0.115 e. The van der Waals surface area contributed by atoms with Crippen LogP contribution in [0.3, 0.4) is 0 Å². The van der Waals surface area contributed by atoms with Crippen molar-refractivity contribution in [1.29, 1.82) is 0 Å². The minimum absolute atomic E-state index is 0.938. The maximum Gasteiger partial charge on any atom is 0.00527 e. The average Bonchev–Trinajstić information content (AvgIpc) is 2.59. The molecular formula is C23H32. The van der Waals surface area contributed by atoms with Crippen molar-refractivity contribution >= 4 is 5.57 Å². The molecule has 0 aromatic heterocycles. The molecule has 0 heterocycles. The van der Waals surface area contributed by atoms with Gasteiger partial charge in [0.25, 0.3) is 0 Å². The van der Waals surface area contributed by atoms with E-state index in [9.17, 15) is 0 Å². The Hall–Kier alpha value is -1.48. The van der Waals surface area contributed by atoms with Gasteiger partial charge in [0.05, 0.1) is 0 Å². The first-order valence-corrected chi connectivity index (χ1v) is 9.45. The first-order valence-electron chi connectivity index (χ1n) is 9.45. The molecule has 0 spiro atoms. The Morgan fingerprint density at radius 3 is 2.48 bits per heavy atom. The molecule has 1 aliphatic carbocycles. The van der Waals surface area contributed by atoms with Crippen LogP contribution in [0.5, 0.6) is 0 Å². The summed E-state index contributed by atoms with van der Waals surface area (Å²) in [5, 5.41) is 0. The molecule has 1 aromatic carbocycles. The number of terminal acetylenes is 1. The van der Waals surface area contributed by atoms with Gasteiger partial charge in [-0.25, -0.2) is 0 Å². The minimum atomic E-state index is 0.938. The van der Waals surface area contributed by atoms with Crippen molar-refractivity contribution in [2.24, 2.45) is 11.8 Å². The molecule has 23 heavy (non-hydrogen) atoms. The number of benzene rings is 1. The van der Waals surface area contributed by atoms with Crippen LogP contribution in [-0.4, -0.2) is 0 Å². The van der Waals surface area contributed by atoms with Crippen LogP contribution in [-0.2, 0) is 6.42 Å². The Morgan fingerprint density at radius 2 is 1.87 bits per heavy atom. The maximum absolute atomic E-state index is 5.69. The number of aryl methyl sites for hydroxylation is 1. The highest BCUT2D eigenvalue weighted by Gasteiger charge is 2.17. The van der Waals surface area contributed by atoms with E-state index in [2.05, 4.69) is 51.0 Å². The Morgan fingerprint density at radius 1 is 1.13 bits per heavy atom. The fourth-order valence-electron chi connectivity index (χ4n) is 3.90. The van der Waals surface area contributed by atoms with E-state index < -0.39 is 0 Å². The third-order valence-corrected chi connectivity index (χ3v) is 5.50. The first-order chi connectivity index (χ1) is 11.2. The molecule has 1 aromatic rings. The van der Waals surface area contributed by atoms with E-state index in [0.717, 1.165) is 30.3 Å². The molecule has 0 amide bonds. The van der Waals surface area contributed by atoms with E-state index >= 15 is 0 Å². The monoisotopic (exact) mass is 308 g/mol. The molecule has 0 saturated heterocycles. The van der Waals surface area contributed by atoms with Crippen molar-refractivity contribution < 1.29 is 0 Å². The third kappa shape index (κ3) is 5.00. The van der Waals surface area contributed by atoms with Gasteiger partial charge in [-0.3, -0.25) is 0 Å². The normalized spacial score (nSPS) is 22.3. The van der Waals surface area contributed by atoms with E-state index in [4.69, 9.17) is 6.42 Å². The lowest BCUT2D eigenvalue weighted by molar-refractivity contribution is 0.278. The Balaban J connectivity index is 2.05. The van der Waals surface area contributed by atoms with Crippen LogP contribution in [0.2, 0.25) is 0 Å². The topological polar surface area (TPSA) is 0 Å². The summed E-state index contributed by atoms with van der Waals surface area (Å²) in [5.74, 6) is 4.77. The van der Waals surface area contributed by atoms with E-state index in [0.29, 0.717) is 0 Å². The molecule has 0 bridgehead atoms. The highest BCUT2D eigenvalue weighted by Crippen LogP contribution is 2.31. The van der Waals surface area contributed by atoms with Gasteiger partial charge in [0.2, 0.25) is 0 Å². The quantitative estimate of drug-likeness (QED) is 0.516. The zero-order valence-corrected chi connectivity index (χ0v) is 15.2. The molecule has 1 saturated carbocycles. The van der Waals surface area contributed by atoms with Crippen molar-refractivity contribution in [1.82, 2.24) is 0 Å². The van der Waals surface area contributed by atoms with Crippen molar-refractivity contribution in [3.05, 3.63) is 41.0 Å². The Labute approximate surface area is 143 Å². The predicted molar refractivity (Wildman–Crippen MR) is 102 cm³/mol. The molecule has 0 atom stereocenters. The molecule has 124 valence electrons. The summed E-state index contributed by atoms with van der Waals surface area (Å²) in [6.45, 7) is 6.76. The van der Waals surface area contributed by atoms with Crippen molar-refractivity contribution in [3.63, 3.8) is 0 Å². The lowest BCUT2D eigenvalue weighted by Crippen LogP contribution is -2.12. The third-order valence-electron chi connectivity index (χ3n) is 5.50. The van der Waals surface area contributed by atoms with Crippen LogP contribution in [0.25, 0.3) is 5.57 Å². The van der Waals surface area contributed by atoms with Gasteiger partial charge in [-0.1, -0.05) is 76.6 Å². The predicted octanol–water partition coefficient (Wildman–Crippen LogP) is 6.65. The SMILES string of the molecule is C#C/C(CC)=C(/CC)c1cccc(CCC2CCC(C)CC2)c1. The van der Waals surface area contributed by atoms with Crippen molar-refractivity contribution in [2.75, 3.05) is 0 Å². The molecule has 0 N–H and O–H groups in total. The fourth-order valence-corrected chi connectivity index (χ4v) is 3.90. The lowest BCUT2D eigenvalue weighted by atomic mass is 9.80. The summed E-state index contributed by atoms with van der Waals surface area (Å²) < 4.78 is 0. The summed E-state index contributed by atoms with van der Waals surface area (Å²) in [4.78, 5) is 0. The first kappa shape index (κ1) is 17.9. The molecule has 0 aliphatic heterocycles. The second-order valence-electron chi connectivity index (χ2n) is 7.17. The van der Waals surface area contributed by atoms with Gasteiger partial charge < -0.3 is 0 Å². The average molecular weight is 309 g/mol. The Bertz CT molecular complexity index is 562. The van der Waals surface area contributed by atoms with Crippen LogP contribution in [0.4, 0.5) is 0 Å². The summed E-state index contributed by atoms with van der Waals surface area (Å²) in [5.41, 5.74) is 5.31. The summed E-state index contributed by atoms with van der Waals surface area (Å²) in [7, 11) is 0. The molecule has 0 radical (unpaired) electrons. The van der Waals surface area contributed by atoms with Crippen LogP contribution < -0.4 is 0 Å². The molecule has 1 aliphatic rings. The van der Waals surface area contributed by atoms with E-state index in [1.54, 1.807) is 0 Å². The Kier molecular flexibility index (Phi) is 6.97. The van der Waals surface area contributed by atoms with E-state index in [1.807, 2.05) is 0 Å². The fraction of sp³-hybridized carbons (Fsp3) is 0.565. The molecule has 0 nitrogen and oxygen atoms in total. The van der Waals surface area contributed by atoms with Crippen LogP contribution in [0.15, 0.2) is 29.8 Å². The summed E-state index contributed by atoms with van der Waals surface area (Å²) in [6, 6.07) is 9.08. The van der Waals surface area contributed by atoms with Crippen LogP contribution in [0, 0.1) is 24.2 Å². The number of rotatable bonds is 6. The second kappa shape index (κ2) is 8.97. The smallest absolute Gasteiger partial charge is 0.00527 e. The van der Waals surface area contributed by atoms with Gasteiger partial charge in [-0.05, 0) is 54.2 Å². The number of hydrogen-bond donors (Lipinski definition) is 0. The highest BCUT2D eigenvalue weighted by molar-refractivity contribution is 5.72. The number of allylic oxidation sites excluding steroid dienone is 2. The van der Waals surface area contributed by atoms with E-state index in [1.165, 1.54) is 55.2 Å². The number of hydrogen-bond acceptors (Lipinski definition) is 0. The van der Waals surface area contributed by atoms with Gasteiger partial charge in [-0.15, -0.1) is 6.42 Å².